The van der Waals surface area contributed by atoms with Gasteiger partial charge < -0.3 is 10.1 Å². The summed E-state index contributed by atoms with van der Waals surface area (Å²) in [6, 6.07) is 2.79. The summed E-state index contributed by atoms with van der Waals surface area (Å²) in [5.41, 5.74) is 0.360. The molecule has 0 radical (unpaired) electrons. The first-order chi connectivity index (χ1) is 7.45. The summed E-state index contributed by atoms with van der Waals surface area (Å²) in [6.07, 6.45) is -0.681. The maximum Gasteiger partial charge on any atom is 0.412 e. The monoisotopic (exact) mass is 261 g/mol. The molecular formula is C10H9Cl2NO3. The zero-order valence-electron chi connectivity index (χ0n) is 8.64. The average Bonchev–Trinajstić information content (AvgIpc) is 2.22. The maximum atomic E-state index is 11.1. The minimum absolute atomic E-state index is 0.0349. The predicted octanol–water partition coefficient (Wildman–Crippen LogP) is 2.91. The number of Topliss-reactive ketones (excluding diaryl/α,β-unsaturated/α-hetero) is 1. The van der Waals surface area contributed by atoms with Crippen LogP contribution in [0.15, 0.2) is 12.1 Å². The van der Waals surface area contributed by atoms with Crippen molar-refractivity contribution in [1.29, 1.82) is 0 Å². The van der Waals surface area contributed by atoms with Crippen LogP contribution < -0.4 is 10.1 Å². The second-order valence-corrected chi connectivity index (χ2v) is 3.78. The highest BCUT2D eigenvalue weighted by Crippen LogP contribution is 2.34. The molecule has 0 aliphatic carbocycles. The fraction of sp³-hybridized carbons (Fsp3) is 0.200. The van der Waals surface area contributed by atoms with Crippen molar-refractivity contribution in [3.05, 3.63) is 27.7 Å². The molecule has 0 atom stereocenters. The van der Waals surface area contributed by atoms with Gasteiger partial charge in [0, 0.05) is 12.6 Å². The molecule has 0 aliphatic rings. The van der Waals surface area contributed by atoms with Gasteiger partial charge in [-0.1, -0.05) is 23.2 Å². The smallest absolute Gasteiger partial charge is 0.407 e. The fourth-order valence-electron chi connectivity index (χ4n) is 1.00. The van der Waals surface area contributed by atoms with Gasteiger partial charge in [0.1, 0.15) is 0 Å². The van der Waals surface area contributed by atoms with E-state index in [1.807, 2.05) is 0 Å². The van der Waals surface area contributed by atoms with Crippen LogP contribution >= 0.6 is 23.2 Å². The van der Waals surface area contributed by atoms with Gasteiger partial charge in [0.05, 0.1) is 10.0 Å². The fourth-order valence-corrected chi connectivity index (χ4v) is 1.57. The highest BCUT2D eigenvalue weighted by Gasteiger charge is 2.14. The molecule has 0 saturated carbocycles. The van der Waals surface area contributed by atoms with Crippen molar-refractivity contribution in [2.75, 3.05) is 7.05 Å². The first-order valence-corrected chi connectivity index (χ1v) is 5.11. The van der Waals surface area contributed by atoms with Gasteiger partial charge in [0.2, 0.25) is 0 Å². The standard InChI is InChI=1S/C10H9Cl2NO3/c1-5(14)6-3-7(11)9(8(12)4-6)16-10(15)13-2/h3-4H,1-2H3,(H,13,15). The molecule has 6 heteroatoms. The van der Waals surface area contributed by atoms with E-state index in [9.17, 15) is 9.59 Å². The molecule has 0 unspecified atom stereocenters. The van der Waals surface area contributed by atoms with E-state index in [0.29, 0.717) is 5.56 Å². The molecule has 86 valence electrons. The van der Waals surface area contributed by atoms with E-state index in [2.05, 4.69) is 5.32 Å². The minimum Gasteiger partial charge on any atom is -0.407 e. The molecule has 1 aromatic carbocycles. The van der Waals surface area contributed by atoms with Crippen LogP contribution in [0.3, 0.4) is 0 Å². The summed E-state index contributed by atoms with van der Waals surface area (Å²) < 4.78 is 4.83. The van der Waals surface area contributed by atoms with E-state index in [-0.39, 0.29) is 21.6 Å². The third-order valence-electron chi connectivity index (χ3n) is 1.80. The average molecular weight is 262 g/mol. The summed E-state index contributed by atoms with van der Waals surface area (Å²) >= 11 is 11.7. The molecule has 1 amide bonds. The number of rotatable bonds is 2. The highest BCUT2D eigenvalue weighted by molar-refractivity contribution is 6.37. The minimum atomic E-state index is -0.681. The van der Waals surface area contributed by atoms with Crippen molar-refractivity contribution in [1.82, 2.24) is 5.32 Å². The first-order valence-electron chi connectivity index (χ1n) is 4.35. The SMILES string of the molecule is CNC(=O)Oc1c(Cl)cc(C(C)=O)cc1Cl. The van der Waals surface area contributed by atoms with Crippen LogP contribution in [0.1, 0.15) is 17.3 Å². The van der Waals surface area contributed by atoms with Gasteiger partial charge in [-0.25, -0.2) is 4.79 Å². The number of halogens is 2. The van der Waals surface area contributed by atoms with Crippen molar-refractivity contribution in [2.45, 2.75) is 6.92 Å². The van der Waals surface area contributed by atoms with Crippen LogP contribution in [0.2, 0.25) is 10.0 Å². The predicted molar refractivity (Wildman–Crippen MR) is 61.6 cm³/mol. The third kappa shape index (κ3) is 2.87. The highest BCUT2D eigenvalue weighted by atomic mass is 35.5. The number of hydrogen-bond acceptors (Lipinski definition) is 3. The topological polar surface area (TPSA) is 55.4 Å². The molecule has 0 heterocycles. The van der Waals surface area contributed by atoms with E-state index in [4.69, 9.17) is 27.9 Å². The van der Waals surface area contributed by atoms with Crippen LogP contribution in [0, 0.1) is 0 Å². The van der Waals surface area contributed by atoms with Crippen molar-refractivity contribution in [2.24, 2.45) is 0 Å². The van der Waals surface area contributed by atoms with Gasteiger partial charge in [-0.15, -0.1) is 0 Å². The Kier molecular flexibility index (Phi) is 4.15. The van der Waals surface area contributed by atoms with Gasteiger partial charge in [-0.3, -0.25) is 4.79 Å². The lowest BCUT2D eigenvalue weighted by Crippen LogP contribution is -2.22. The maximum absolute atomic E-state index is 11.1. The normalized spacial score (nSPS) is 9.75. The Balaban J connectivity index is 3.12. The van der Waals surface area contributed by atoms with Crippen LogP contribution in [-0.4, -0.2) is 18.9 Å². The zero-order valence-corrected chi connectivity index (χ0v) is 10.1. The lowest BCUT2D eigenvalue weighted by molar-refractivity contribution is 0.101. The molecule has 1 rings (SSSR count). The third-order valence-corrected chi connectivity index (χ3v) is 2.37. The molecule has 16 heavy (non-hydrogen) atoms. The Labute approximate surface area is 102 Å². The Bertz CT molecular complexity index is 423. The quantitative estimate of drug-likeness (QED) is 0.833. The number of carbonyl (C=O) groups is 2. The molecule has 0 aliphatic heterocycles. The summed E-state index contributed by atoms with van der Waals surface area (Å²) in [5.74, 6) is -0.136. The second kappa shape index (κ2) is 5.18. The van der Waals surface area contributed by atoms with E-state index in [1.54, 1.807) is 0 Å². The van der Waals surface area contributed by atoms with Crippen LogP contribution in [0.25, 0.3) is 0 Å². The van der Waals surface area contributed by atoms with Crippen molar-refractivity contribution >= 4 is 35.1 Å². The van der Waals surface area contributed by atoms with E-state index < -0.39 is 6.09 Å². The Morgan fingerprint density at radius 1 is 1.25 bits per heavy atom. The first kappa shape index (κ1) is 12.8. The van der Waals surface area contributed by atoms with E-state index in [0.717, 1.165) is 0 Å². The number of amides is 1. The number of hydrogen-bond donors (Lipinski definition) is 1. The Morgan fingerprint density at radius 3 is 2.12 bits per heavy atom. The van der Waals surface area contributed by atoms with Gasteiger partial charge >= 0.3 is 6.09 Å². The Hall–Kier alpha value is -1.26. The van der Waals surface area contributed by atoms with Crippen LogP contribution in [-0.2, 0) is 0 Å². The van der Waals surface area contributed by atoms with Crippen molar-refractivity contribution < 1.29 is 14.3 Å². The zero-order chi connectivity index (χ0) is 12.3. The molecule has 0 fully saturated rings. The van der Waals surface area contributed by atoms with Gasteiger partial charge in [-0.05, 0) is 19.1 Å². The summed E-state index contributed by atoms with van der Waals surface area (Å²) in [7, 11) is 1.41. The van der Waals surface area contributed by atoms with E-state index in [1.165, 1.54) is 26.1 Å². The summed E-state index contributed by atoms with van der Waals surface area (Å²) in [4.78, 5) is 22.1. The van der Waals surface area contributed by atoms with Gasteiger partial charge in [0.15, 0.2) is 11.5 Å². The number of benzene rings is 1. The van der Waals surface area contributed by atoms with Gasteiger partial charge in [-0.2, -0.15) is 0 Å². The molecule has 0 saturated heterocycles. The molecule has 4 nitrogen and oxygen atoms in total. The van der Waals surface area contributed by atoms with E-state index >= 15 is 0 Å². The molecule has 0 aromatic heterocycles. The van der Waals surface area contributed by atoms with Crippen molar-refractivity contribution in [3.8, 4) is 5.75 Å². The van der Waals surface area contributed by atoms with Gasteiger partial charge in [0.25, 0.3) is 0 Å². The molecular weight excluding hydrogens is 253 g/mol. The molecule has 1 aromatic rings. The number of carbonyl (C=O) groups excluding carboxylic acids is 2. The van der Waals surface area contributed by atoms with Crippen LogP contribution in [0.4, 0.5) is 4.79 Å². The number of nitrogens with one attached hydrogen (secondary N) is 1. The molecule has 0 spiro atoms. The number of ether oxygens (including phenoxy) is 1. The van der Waals surface area contributed by atoms with Crippen molar-refractivity contribution in [3.63, 3.8) is 0 Å². The largest absolute Gasteiger partial charge is 0.412 e. The summed E-state index contributed by atoms with van der Waals surface area (Å²) in [5, 5.41) is 2.48. The Morgan fingerprint density at radius 2 is 1.75 bits per heavy atom. The lowest BCUT2D eigenvalue weighted by Gasteiger charge is -2.08. The molecule has 0 bridgehead atoms. The lowest BCUT2D eigenvalue weighted by atomic mass is 10.1. The van der Waals surface area contributed by atoms with Crippen LogP contribution in [0.5, 0.6) is 5.75 Å². The summed E-state index contributed by atoms with van der Waals surface area (Å²) in [6.45, 7) is 1.39. The second-order valence-electron chi connectivity index (χ2n) is 2.96. The number of ketones is 1. The molecule has 1 N–H and O–H groups in total.